The summed E-state index contributed by atoms with van der Waals surface area (Å²) in [7, 11) is 0. The van der Waals surface area contributed by atoms with Gasteiger partial charge in [0, 0.05) is 35.3 Å². The Kier molecular flexibility index (Phi) is 6.36. The Bertz CT molecular complexity index is 1510. The van der Waals surface area contributed by atoms with Gasteiger partial charge in [-0.2, -0.15) is 0 Å². The highest BCUT2D eigenvalue weighted by Crippen LogP contribution is 2.34. The molecule has 1 aliphatic heterocycles. The third-order valence-corrected chi connectivity index (χ3v) is 6.53. The van der Waals surface area contributed by atoms with E-state index in [1.807, 2.05) is 85.8 Å². The highest BCUT2D eigenvalue weighted by atomic mass is 16.4. The van der Waals surface area contributed by atoms with Crippen molar-refractivity contribution in [1.82, 2.24) is 9.88 Å². The molecular weight excluding hydrogens is 450 g/mol. The number of likely N-dealkylation sites (N-methyl/N-ethyl adjacent to an activating group) is 1. The van der Waals surface area contributed by atoms with E-state index in [2.05, 4.69) is 17.1 Å². The van der Waals surface area contributed by atoms with Crippen molar-refractivity contribution in [3.05, 3.63) is 106 Å². The molecule has 2 heterocycles. The molecular formula is C30H27N3O3. The first-order valence-corrected chi connectivity index (χ1v) is 12.0. The minimum absolute atomic E-state index is 0.167. The van der Waals surface area contributed by atoms with E-state index in [-0.39, 0.29) is 5.91 Å². The summed E-state index contributed by atoms with van der Waals surface area (Å²) >= 11 is 0. The van der Waals surface area contributed by atoms with Gasteiger partial charge in [-0.05, 0) is 61.0 Å². The number of rotatable bonds is 5. The van der Waals surface area contributed by atoms with E-state index in [9.17, 15) is 14.7 Å². The van der Waals surface area contributed by atoms with Crippen LogP contribution in [0.4, 0.5) is 5.69 Å². The third-order valence-electron chi connectivity index (χ3n) is 6.53. The predicted octanol–water partition coefficient (Wildman–Crippen LogP) is 5.87. The average Bonchev–Trinajstić information content (AvgIpc) is 2.87. The van der Waals surface area contributed by atoms with E-state index in [1.165, 1.54) is 0 Å². The number of nitrogens with one attached hydrogen (secondary N) is 1. The fourth-order valence-electron chi connectivity index (χ4n) is 4.66. The lowest BCUT2D eigenvalue weighted by molar-refractivity contribution is 0.0696. The zero-order valence-electron chi connectivity index (χ0n) is 20.3. The second-order valence-electron chi connectivity index (χ2n) is 9.05. The summed E-state index contributed by atoms with van der Waals surface area (Å²) in [6, 6.07) is 22.5. The number of aromatic nitrogens is 1. The predicted molar refractivity (Wildman–Crippen MR) is 143 cm³/mol. The van der Waals surface area contributed by atoms with Crippen molar-refractivity contribution in [2.75, 3.05) is 18.4 Å². The summed E-state index contributed by atoms with van der Waals surface area (Å²) in [4.78, 5) is 32.1. The summed E-state index contributed by atoms with van der Waals surface area (Å²) in [6.07, 6.45) is 2.04. The van der Waals surface area contributed by atoms with E-state index >= 15 is 0 Å². The molecule has 2 N–H and O–H groups in total. The SMILES string of the molecule is CCN1C/C(=C/c2cccc(NC(=O)c3ccc(C)cc3)c2)c2nc3ccccc3c(C(=O)O)c2C1. The number of para-hydroxylation sites is 1. The lowest BCUT2D eigenvalue weighted by Gasteiger charge is -2.30. The zero-order valence-corrected chi connectivity index (χ0v) is 20.3. The van der Waals surface area contributed by atoms with Crippen molar-refractivity contribution in [2.45, 2.75) is 20.4 Å². The monoisotopic (exact) mass is 477 g/mol. The van der Waals surface area contributed by atoms with Crippen LogP contribution in [-0.4, -0.2) is 40.0 Å². The first-order valence-electron chi connectivity index (χ1n) is 12.0. The van der Waals surface area contributed by atoms with E-state index in [1.54, 1.807) is 0 Å². The lowest BCUT2D eigenvalue weighted by Crippen LogP contribution is -2.31. The van der Waals surface area contributed by atoms with Gasteiger partial charge in [-0.15, -0.1) is 0 Å². The van der Waals surface area contributed by atoms with Crippen molar-refractivity contribution in [3.8, 4) is 0 Å². The molecule has 0 bridgehead atoms. The van der Waals surface area contributed by atoms with E-state index in [4.69, 9.17) is 4.98 Å². The number of hydrogen-bond donors (Lipinski definition) is 2. The molecule has 0 radical (unpaired) electrons. The number of hydrogen-bond acceptors (Lipinski definition) is 4. The number of nitrogens with zero attached hydrogens (tertiary/aromatic N) is 2. The molecule has 0 fully saturated rings. The number of carbonyl (C=O) groups is 2. The van der Waals surface area contributed by atoms with E-state index in [0.29, 0.717) is 40.8 Å². The number of pyridine rings is 1. The third kappa shape index (κ3) is 4.63. The van der Waals surface area contributed by atoms with E-state index in [0.717, 1.165) is 34.5 Å². The van der Waals surface area contributed by atoms with Crippen LogP contribution < -0.4 is 5.32 Å². The zero-order chi connectivity index (χ0) is 25.2. The molecule has 6 heteroatoms. The molecule has 3 aromatic carbocycles. The number of carbonyl (C=O) groups excluding carboxylic acids is 1. The van der Waals surface area contributed by atoms with Crippen LogP contribution in [0, 0.1) is 6.92 Å². The van der Waals surface area contributed by atoms with Crippen molar-refractivity contribution in [3.63, 3.8) is 0 Å². The maximum Gasteiger partial charge on any atom is 0.336 e. The standard InChI is InChI=1S/C30H27N3O3/c1-3-33-17-22(28-25(18-33)27(30(35)36)24-9-4-5-10-26(24)32-28)15-20-7-6-8-23(16-20)31-29(34)21-13-11-19(2)12-14-21/h4-16H,3,17-18H2,1-2H3,(H,31,34)(H,35,36)/b22-15-. The van der Waals surface area contributed by atoms with Gasteiger partial charge in [-0.1, -0.05) is 55.0 Å². The maximum absolute atomic E-state index is 12.7. The summed E-state index contributed by atoms with van der Waals surface area (Å²) < 4.78 is 0. The van der Waals surface area contributed by atoms with Gasteiger partial charge in [0.15, 0.2) is 0 Å². The van der Waals surface area contributed by atoms with Crippen molar-refractivity contribution >= 4 is 40.1 Å². The number of amides is 1. The number of benzene rings is 3. The van der Waals surface area contributed by atoms with Gasteiger partial charge in [-0.25, -0.2) is 9.78 Å². The fourth-order valence-corrected chi connectivity index (χ4v) is 4.66. The average molecular weight is 478 g/mol. The van der Waals surface area contributed by atoms with Gasteiger partial charge in [-0.3, -0.25) is 9.69 Å². The maximum atomic E-state index is 12.7. The van der Waals surface area contributed by atoms with Crippen molar-refractivity contribution in [2.24, 2.45) is 0 Å². The molecule has 36 heavy (non-hydrogen) atoms. The largest absolute Gasteiger partial charge is 0.478 e. The quantitative estimate of drug-likeness (QED) is 0.376. The summed E-state index contributed by atoms with van der Waals surface area (Å²) in [5.74, 6) is -1.11. The molecule has 0 saturated heterocycles. The van der Waals surface area contributed by atoms with Crippen molar-refractivity contribution < 1.29 is 14.7 Å². The Balaban J connectivity index is 1.54. The highest BCUT2D eigenvalue weighted by molar-refractivity contribution is 6.06. The molecule has 1 amide bonds. The van der Waals surface area contributed by atoms with Crippen LogP contribution in [0.5, 0.6) is 0 Å². The number of carboxylic acids is 1. The second kappa shape index (κ2) is 9.76. The van der Waals surface area contributed by atoms with E-state index < -0.39 is 5.97 Å². The lowest BCUT2D eigenvalue weighted by atomic mass is 9.92. The number of fused-ring (bicyclic) bond motifs is 2. The molecule has 180 valence electrons. The Morgan fingerprint density at radius 2 is 1.81 bits per heavy atom. The molecule has 0 saturated carbocycles. The number of aryl methyl sites for hydroxylation is 1. The minimum atomic E-state index is -0.942. The number of carboxylic acid groups (broad SMARTS) is 1. The van der Waals surface area contributed by atoms with Gasteiger partial charge in [0.2, 0.25) is 0 Å². The first kappa shape index (κ1) is 23.5. The van der Waals surface area contributed by atoms with Crippen LogP contribution in [0.3, 0.4) is 0 Å². The molecule has 0 spiro atoms. The van der Waals surface area contributed by atoms with Crippen LogP contribution >= 0.6 is 0 Å². The van der Waals surface area contributed by atoms with Gasteiger partial charge in [0.05, 0.1) is 16.8 Å². The Morgan fingerprint density at radius 1 is 1.03 bits per heavy atom. The summed E-state index contributed by atoms with van der Waals surface area (Å²) in [5, 5.41) is 13.7. The van der Waals surface area contributed by atoms with Crippen LogP contribution in [0.1, 0.15) is 50.0 Å². The summed E-state index contributed by atoms with van der Waals surface area (Å²) in [5.41, 5.74) is 6.70. The molecule has 0 atom stereocenters. The van der Waals surface area contributed by atoms with Gasteiger partial charge in [0.1, 0.15) is 0 Å². The molecule has 5 rings (SSSR count). The van der Waals surface area contributed by atoms with Crippen LogP contribution in [0.25, 0.3) is 22.6 Å². The van der Waals surface area contributed by atoms with Crippen LogP contribution in [0.2, 0.25) is 0 Å². The van der Waals surface area contributed by atoms with Gasteiger partial charge in [0.25, 0.3) is 5.91 Å². The fraction of sp³-hybridized carbons (Fsp3) is 0.167. The molecule has 6 nitrogen and oxygen atoms in total. The molecule has 4 aromatic rings. The van der Waals surface area contributed by atoms with Crippen molar-refractivity contribution in [1.29, 1.82) is 0 Å². The molecule has 1 aliphatic rings. The molecule has 0 unspecified atom stereocenters. The second-order valence-corrected chi connectivity index (χ2v) is 9.05. The van der Waals surface area contributed by atoms with Gasteiger partial charge < -0.3 is 10.4 Å². The molecule has 1 aromatic heterocycles. The Morgan fingerprint density at radius 3 is 2.56 bits per heavy atom. The van der Waals surface area contributed by atoms with Crippen LogP contribution in [-0.2, 0) is 6.54 Å². The highest BCUT2D eigenvalue weighted by Gasteiger charge is 2.27. The van der Waals surface area contributed by atoms with Crippen LogP contribution in [0.15, 0.2) is 72.8 Å². The number of anilines is 1. The normalized spacial score (nSPS) is 14.6. The topological polar surface area (TPSA) is 82.5 Å². The summed E-state index contributed by atoms with van der Waals surface area (Å²) in [6.45, 7) is 6.04. The smallest absolute Gasteiger partial charge is 0.336 e. The number of aromatic carboxylic acids is 1. The minimum Gasteiger partial charge on any atom is -0.478 e. The molecule has 0 aliphatic carbocycles. The van der Waals surface area contributed by atoms with Gasteiger partial charge >= 0.3 is 5.97 Å². The first-order chi connectivity index (χ1) is 17.4. The Labute approximate surface area is 209 Å². The Hall–Kier alpha value is -4.29.